The van der Waals surface area contributed by atoms with E-state index in [1.54, 1.807) is 0 Å². The standard InChI is InChI=1S/C18H24N4O/c1-11-14-6-5-13-16(12-9-19-21(3)10-12)22(4)20-17(13)18(14,2)8-7-15(11)23/h9-11,14H,5-8H2,1-4H3/t11-,14-,18-/m0/s1. The minimum Gasteiger partial charge on any atom is -0.299 e. The van der Waals surface area contributed by atoms with Gasteiger partial charge in [-0.3, -0.25) is 14.2 Å². The van der Waals surface area contributed by atoms with Crippen molar-refractivity contribution in [1.82, 2.24) is 19.6 Å². The molecular formula is C18H24N4O. The van der Waals surface area contributed by atoms with Gasteiger partial charge in [0.1, 0.15) is 5.78 Å². The van der Waals surface area contributed by atoms with Gasteiger partial charge in [0.25, 0.3) is 0 Å². The Hall–Kier alpha value is -1.91. The van der Waals surface area contributed by atoms with E-state index in [-0.39, 0.29) is 11.3 Å². The topological polar surface area (TPSA) is 52.7 Å². The van der Waals surface area contributed by atoms with Crippen LogP contribution in [0.2, 0.25) is 0 Å². The lowest BCUT2D eigenvalue weighted by molar-refractivity contribution is -0.128. The summed E-state index contributed by atoms with van der Waals surface area (Å²) in [5.41, 5.74) is 4.93. The van der Waals surface area contributed by atoms with Crippen LogP contribution in [0.25, 0.3) is 11.3 Å². The van der Waals surface area contributed by atoms with Crippen molar-refractivity contribution in [2.24, 2.45) is 25.9 Å². The number of aromatic nitrogens is 4. The Morgan fingerprint density at radius 3 is 2.78 bits per heavy atom. The molecule has 0 bridgehead atoms. The maximum Gasteiger partial charge on any atom is 0.136 e. The molecule has 0 N–H and O–H groups in total. The smallest absolute Gasteiger partial charge is 0.136 e. The normalized spacial score (nSPS) is 30.2. The van der Waals surface area contributed by atoms with Crippen molar-refractivity contribution in [3.8, 4) is 11.3 Å². The van der Waals surface area contributed by atoms with E-state index in [0.29, 0.717) is 18.1 Å². The zero-order valence-electron chi connectivity index (χ0n) is 14.3. The van der Waals surface area contributed by atoms with Crippen molar-refractivity contribution in [1.29, 1.82) is 0 Å². The highest BCUT2D eigenvalue weighted by Gasteiger charge is 2.50. The number of fused-ring (bicyclic) bond motifs is 3. The Morgan fingerprint density at radius 1 is 1.30 bits per heavy atom. The molecule has 2 aliphatic rings. The molecule has 2 aromatic rings. The monoisotopic (exact) mass is 312 g/mol. The van der Waals surface area contributed by atoms with Gasteiger partial charge in [0.05, 0.1) is 17.6 Å². The molecule has 2 heterocycles. The van der Waals surface area contributed by atoms with E-state index >= 15 is 0 Å². The first-order chi connectivity index (χ1) is 10.9. The summed E-state index contributed by atoms with van der Waals surface area (Å²) in [6.07, 6.45) is 7.67. The molecule has 0 saturated heterocycles. The van der Waals surface area contributed by atoms with E-state index in [1.165, 1.54) is 17.0 Å². The van der Waals surface area contributed by atoms with Crippen LogP contribution < -0.4 is 0 Å². The molecule has 0 radical (unpaired) electrons. The van der Waals surface area contributed by atoms with Gasteiger partial charge in [0.2, 0.25) is 0 Å². The van der Waals surface area contributed by atoms with Crippen LogP contribution in [-0.2, 0) is 30.7 Å². The number of hydrogen-bond acceptors (Lipinski definition) is 3. The van der Waals surface area contributed by atoms with Crippen LogP contribution in [0.4, 0.5) is 0 Å². The summed E-state index contributed by atoms with van der Waals surface area (Å²) in [6.45, 7) is 4.43. The third-order valence-electron chi connectivity index (χ3n) is 6.19. The first kappa shape index (κ1) is 14.7. The lowest BCUT2D eigenvalue weighted by Gasteiger charge is -2.46. The first-order valence-corrected chi connectivity index (χ1v) is 8.50. The van der Waals surface area contributed by atoms with Crippen LogP contribution in [0.1, 0.15) is 44.4 Å². The number of rotatable bonds is 1. The van der Waals surface area contributed by atoms with Gasteiger partial charge in [0, 0.05) is 49.2 Å². The summed E-state index contributed by atoms with van der Waals surface area (Å²) in [5, 5.41) is 9.24. The zero-order chi connectivity index (χ0) is 16.4. The number of ketones is 1. The maximum absolute atomic E-state index is 12.2. The Kier molecular flexibility index (Phi) is 3.06. The first-order valence-electron chi connectivity index (χ1n) is 8.50. The molecule has 23 heavy (non-hydrogen) atoms. The van der Waals surface area contributed by atoms with Crippen LogP contribution >= 0.6 is 0 Å². The Balaban J connectivity index is 1.85. The Bertz CT molecular complexity index is 787. The largest absolute Gasteiger partial charge is 0.299 e. The predicted molar refractivity (Wildman–Crippen MR) is 88.0 cm³/mol. The summed E-state index contributed by atoms with van der Waals surface area (Å²) >= 11 is 0. The fourth-order valence-corrected chi connectivity index (χ4v) is 4.90. The van der Waals surface area contributed by atoms with Crippen LogP contribution in [0, 0.1) is 11.8 Å². The minimum atomic E-state index is 0.0269. The molecule has 0 unspecified atom stereocenters. The summed E-state index contributed by atoms with van der Waals surface area (Å²) < 4.78 is 3.85. The highest BCUT2D eigenvalue weighted by atomic mass is 16.1. The summed E-state index contributed by atoms with van der Waals surface area (Å²) in [4.78, 5) is 12.2. The van der Waals surface area contributed by atoms with Crippen LogP contribution in [0.5, 0.6) is 0 Å². The lowest BCUT2D eigenvalue weighted by Crippen LogP contribution is -2.46. The molecule has 5 heteroatoms. The number of Topliss-reactive ketones (excluding diaryl/α,β-unsaturated/α-hetero) is 1. The average molecular weight is 312 g/mol. The zero-order valence-corrected chi connectivity index (χ0v) is 14.3. The van der Waals surface area contributed by atoms with E-state index in [0.717, 1.165) is 24.8 Å². The van der Waals surface area contributed by atoms with Crippen molar-refractivity contribution < 1.29 is 4.79 Å². The van der Waals surface area contributed by atoms with Crippen molar-refractivity contribution in [3.63, 3.8) is 0 Å². The number of aryl methyl sites for hydroxylation is 2. The lowest BCUT2D eigenvalue weighted by atomic mass is 9.56. The van der Waals surface area contributed by atoms with Crippen molar-refractivity contribution in [2.45, 2.75) is 44.9 Å². The van der Waals surface area contributed by atoms with Crippen LogP contribution in [0.3, 0.4) is 0 Å². The molecule has 2 aliphatic carbocycles. The van der Waals surface area contributed by atoms with E-state index in [9.17, 15) is 4.79 Å². The maximum atomic E-state index is 12.2. The summed E-state index contributed by atoms with van der Waals surface area (Å²) in [7, 11) is 3.97. The highest BCUT2D eigenvalue weighted by molar-refractivity contribution is 5.82. The van der Waals surface area contributed by atoms with E-state index < -0.39 is 0 Å². The van der Waals surface area contributed by atoms with Crippen LogP contribution in [-0.4, -0.2) is 25.3 Å². The quantitative estimate of drug-likeness (QED) is 0.813. The number of hydrogen-bond donors (Lipinski definition) is 0. The second kappa shape index (κ2) is 4.79. The van der Waals surface area contributed by atoms with Gasteiger partial charge in [-0.05, 0) is 25.2 Å². The number of carbonyl (C=O) groups excluding carboxylic acids is 1. The molecule has 0 aliphatic heterocycles. The molecule has 2 aromatic heterocycles. The van der Waals surface area contributed by atoms with Crippen LogP contribution in [0.15, 0.2) is 12.4 Å². The van der Waals surface area contributed by atoms with Gasteiger partial charge in [-0.15, -0.1) is 0 Å². The van der Waals surface area contributed by atoms with Gasteiger partial charge in [-0.2, -0.15) is 10.2 Å². The molecule has 4 rings (SSSR count). The molecular weight excluding hydrogens is 288 g/mol. The Labute approximate surface area is 136 Å². The van der Waals surface area contributed by atoms with E-state index in [1.807, 2.05) is 29.7 Å². The SMILES string of the molecule is C[C@@H]1C(=O)CC[C@]2(C)c3nn(C)c(-c4cnn(C)c4)c3CC[C@@H]12. The highest BCUT2D eigenvalue weighted by Crippen LogP contribution is 2.52. The van der Waals surface area contributed by atoms with Gasteiger partial charge >= 0.3 is 0 Å². The second-order valence-electron chi connectivity index (χ2n) is 7.52. The minimum absolute atomic E-state index is 0.0269. The predicted octanol–water partition coefficient (Wildman–Crippen LogP) is 2.64. The van der Waals surface area contributed by atoms with E-state index in [2.05, 4.69) is 25.1 Å². The van der Waals surface area contributed by atoms with Crippen molar-refractivity contribution in [3.05, 3.63) is 23.7 Å². The third kappa shape index (κ3) is 1.95. The summed E-state index contributed by atoms with van der Waals surface area (Å²) in [6, 6.07) is 0. The summed E-state index contributed by atoms with van der Waals surface area (Å²) in [5.74, 6) is 1.01. The third-order valence-corrected chi connectivity index (χ3v) is 6.19. The molecule has 1 saturated carbocycles. The Morgan fingerprint density at radius 2 is 2.09 bits per heavy atom. The molecule has 5 nitrogen and oxygen atoms in total. The van der Waals surface area contributed by atoms with Gasteiger partial charge in [-0.25, -0.2) is 0 Å². The molecule has 3 atom stereocenters. The van der Waals surface area contributed by atoms with Gasteiger partial charge in [-0.1, -0.05) is 13.8 Å². The molecule has 1 fully saturated rings. The molecule has 0 amide bonds. The fourth-order valence-electron chi connectivity index (χ4n) is 4.90. The molecule has 122 valence electrons. The van der Waals surface area contributed by atoms with E-state index in [4.69, 9.17) is 5.10 Å². The fraction of sp³-hybridized carbons (Fsp3) is 0.611. The van der Waals surface area contributed by atoms with Gasteiger partial charge < -0.3 is 0 Å². The number of carbonyl (C=O) groups is 1. The molecule has 0 aromatic carbocycles. The van der Waals surface area contributed by atoms with Crippen molar-refractivity contribution in [2.75, 3.05) is 0 Å². The average Bonchev–Trinajstić information content (AvgIpc) is 3.07. The molecule has 0 spiro atoms. The number of nitrogens with zero attached hydrogens (tertiary/aromatic N) is 4. The van der Waals surface area contributed by atoms with Gasteiger partial charge in [0.15, 0.2) is 0 Å². The van der Waals surface area contributed by atoms with Crippen molar-refractivity contribution >= 4 is 5.78 Å². The second-order valence-corrected chi connectivity index (χ2v) is 7.52.